The van der Waals surface area contributed by atoms with E-state index >= 15 is 0 Å². The summed E-state index contributed by atoms with van der Waals surface area (Å²) in [4.78, 5) is 0. The molecule has 0 heterocycles. The molecule has 0 aliphatic heterocycles. The fourth-order valence-corrected chi connectivity index (χ4v) is 3.57. The van der Waals surface area contributed by atoms with Crippen LogP contribution in [0.25, 0.3) is 0 Å². The van der Waals surface area contributed by atoms with Gasteiger partial charge < -0.3 is 0 Å². The van der Waals surface area contributed by atoms with Crippen molar-refractivity contribution < 1.29 is 163 Å². The Morgan fingerprint density at radius 3 is 0.559 bits per heavy atom. The van der Waals surface area contributed by atoms with Gasteiger partial charge in [0, 0.05) is 0 Å². The summed E-state index contributed by atoms with van der Waals surface area (Å²) in [5.74, 6) is -149. The lowest BCUT2D eigenvalue weighted by atomic mass is 9.83. The van der Waals surface area contributed by atoms with E-state index in [4.69, 9.17) is 0 Å². The summed E-state index contributed by atoms with van der Waals surface area (Å²) < 4.78 is 502. The smallest absolute Gasteiger partial charge is 0.201 e. The average Bonchev–Trinajstić information content (AvgIpc) is 3.04. The molecule has 1 rings (SSSR count). The van der Waals surface area contributed by atoms with Crippen LogP contribution < -0.4 is 5.12 Å². The second-order valence-corrected chi connectivity index (χ2v) is 10.7. The van der Waals surface area contributed by atoms with Crippen LogP contribution >= 0.6 is 0 Å². The number of halogens is 37. The van der Waals surface area contributed by atoms with Gasteiger partial charge in [0.25, 0.3) is 0 Å². The van der Waals surface area contributed by atoms with Crippen LogP contribution in [0.15, 0.2) is 0 Å². The summed E-state index contributed by atoms with van der Waals surface area (Å²) in [6.07, 6.45) is -8.45. The Hall–Kier alpha value is -3.57. The molecule has 0 amide bonds. The van der Waals surface area contributed by atoms with E-state index < -0.39 is 129 Å². The highest BCUT2D eigenvalue weighted by Gasteiger charge is 3.01. The van der Waals surface area contributed by atoms with Crippen LogP contribution in [0.5, 0.6) is 0 Å². The van der Waals surface area contributed by atoms with Crippen molar-refractivity contribution >= 4 is 5.69 Å². The molecule has 0 aliphatic carbocycles. The highest BCUT2D eigenvalue weighted by Crippen LogP contribution is 2.69. The van der Waals surface area contributed by atoms with E-state index in [2.05, 4.69) is 0 Å². The molecule has 0 radical (unpaired) electrons. The van der Waals surface area contributed by atoms with Gasteiger partial charge in [-0.05, 0) is 0 Å². The second-order valence-electron chi connectivity index (χ2n) is 10.7. The zero-order valence-corrected chi connectivity index (χ0v) is 24.9. The van der Waals surface area contributed by atoms with Crippen molar-refractivity contribution in [3.63, 3.8) is 0 Å². The molecule has 1 nitrogen and oxygen atoms in total. The maximum atomic E-state index is 14.0. The Morgan fingerprint density at radius 2 is 0.373 bits per heavy atom. The van der Waals surface area contributed by atoms with E-state index in [1.54, 1.807) is 0 Å². The quantitative estimate of drug-likeness (QED) is 0.0557. The number of hydrogen-bond donors (Lipinski definition) is 0. The van der Waals surface area contributed by atoms with E-state index in [9.17, 15) is 163 Å². The van der Waals surface area contributed by atoms with Crippen LogP contribution in [0.1, 0.15) is 0 Å². The molecule has 0 saturated heterocycles. The molecule has 0 spiro atoms. The SMILES string of the molecule is Fc1c(F)c(F)c(N(F)C(F)(F)C(F)(F)C(F)(F)C(F)(F)C(F)(F)C(F)(F)C(F)(F)C(F)(F)C(F)(F)C(F)(F)C(F)(F)C(F)(F)C(F)(F)C(F)(F)C(F)(F)F)c(F)c1F. The summed E-state index contributed by atoms with van der Waals surface area (Å²) in [5, 5.41) is -4.32. The minimum Gasteiger partial charge on any atom is -0.201 e. The Bertz CT molecular complexity index is 1720. The lowest BCUT2D eigenvalue weighted by Gasteiger charge is -2.46. The molecule has 38 heteroatoms. The molecule has 0 N–H and O–H groups in total. The van der Waals surface area contributed by atoms with Gasteiger partial charge in [0.1, 0.15) is 0 Å². The van der Waals surface area contributed by atoms with Crippen LogP contribution in [0.3, 0.4) is 0 Å². The van der Waals surface area contributed by atoms with Gasteiger partial charge in [0.05, 0.1) is 0 Å². The molecule has 0 atom stereocenters. The first-order valence-corrected chi connectivity index (χ1v) is 12.4. The van der Waals surface area contributed by atoms with E-state index in [0.717, 1.165) is 0 Å². The normalized spacial score (nSPS) is 16.2. The average molecular weight is 969 g/mol. The second kappa shape index (κ2) is 13.5. The van der Waals surface area contributed by atoms with E-state index in [1.807, 2.05) is 0 Å². The zero-order chi connectivity index (χ0) is 48.5. The third kappa shape index (κ3) is 6.11. The molecule has 1 aromatic rings. The van der Waals surface area contributed by atoms with Crippen LogP contribution in [-0.4, -0.2) is 89.2 Å². The van der Waals surface area contributed by atoms with Gasteiger partial charge in [0.15, 0.2) is 29.0 Å². The van der Waals surface area contributed by atoms with Crippen molar-refractivity contribution in [2.45, 2.75) is 89.2 Å². The highest BCUT2D eigenvalue weighted by molar-refractivity contribution is 5.50. The maximum absolute atomic E-state index is 14.0. The molecule has 348 valence electrons. The van der Waals surface area contributed by atoms with Gasteiger partial charge >= 0.3 is 89.2 Å². The zero-order valence-electron chi connectivity index (χ0n) is 24.9. The van der Waals surface area contributed by atoms with Crippen LogP contribution in [0.4, 0.5) is 168 Å². The summed E-state index contributed by atoms with van der Waals surface area (Å²) in [7, 11) is 0. The van der Waals surface area contributed by atoms with Crippen molar-refractivity contribution in [3.05, 3.63) is 29.1 Å². The summed E-state index contributed by atoms with van der Waals surface area (Å²) in [6.45, 7) is 0. The van der Waals surface area contributed by atoms with E-state index in [1.165, 1.54) is 0 Å². The van der Waals surface area contributed by atoms with Crippen molar-refractivity contribution in [2.24, 2.45) is 0 Å². The number of anilines is 1. The third-order valence-corrected chi connectivity index (χ3v) is 7.10. The molecular weight excluding hydrogens is 969 g/mol. The first-order chi connectivity index (χ1) is 25.1. The van der Waals surface area contributed by atoms with Crippen molar-refractivity contribution in [1.29, 1.82) is 0 Å². The molecular formula is C21F37N. The Morgan fingerprint density at radius 1 is 0.220 bits per heavy atom. The monoisotopic (exact) mass is 969 g/mol. The fraction of sp³-hybridized carbons (Fsp3) is 0.714. The predicted octanol–water partition coefficient (Wildman–Crippen LogP) is 12.5. The number of hydrogen-bond acceptors (Lipinski definition) is 1. The predicted molar refractivity (Wildman–Crippen MR) is 105 cm³/mol. The van der Waals surface area contributed by atoms with Gasteiger partial charge in [-0.15, -0.1) is 5.12 Å². The fourth-order valence-electron chi connectivity index (χ4n) is 3.57. The topological polar surface area (TPSA) is 3.24 Å². The molecule has 59 heavy (non-hydrogen) atoms. The van der Waals surface area contributed by atoms with Gasteiger partial charge in [-0.3, -0.25) is 0 Å². The van der Waals surface area contributed by atoms with Gasteiger partial charge in [-0.2, -0.15) is 136 Å². The Balaban J connectivity index is 4.09. The lowest BCUT2D eigenvalue weighted by molar-refractivity contribution is -0.489. The highest BCUT2D eigenvalue weighted by atomic mass is 19.4. The molecule has 0 aliphatic rings. The molecule has 0 fully saturated rings. The van der Waals surface area contributed by atoms with Gasteiger partial charge in [-0.1, -0.05) is 4.48 Å². The summed E-state index contributed by atoms with van der Waals surface area (Å²) in [6, 6.07) is -8.80. The minimum absolute atomic E-state index is 3.62. The first-order valence-electron chi connectivity index (χ1n) is 12.4. The standard InChI is InChI=1S/C21F37N/c22-1-2(23)4(25)6(5(26)3(1)24)59(58)21(56,57)19(51,52)17(47,48)15(43,44)13(39,40)11(35,36)9(31,32)7(27,28)8(29,30)10(33,34)12(37,38)14(41,42)16(45,46)18(49,50)20(53,54)55. The molecule has 0 bridgehead atoms. The van der Waals surface area contributed by atoms with Crippen molar-refractivity contribution in [3.8, 4) is 0 Å². The van der Waals surface area contributed by atoms with Crippen molar-refractivity contribution in [1.82, 2.24) is 0 Å². The number of alkyl halides is 31. The number of rotatable bonds is 15. The summed E-state index contributed by atoms with van der Waals surface area (Å²) >= 11 is 0. The number of nitrogens with zero attached hydrogens (tertiary/aromatic N) is 1. The maximum Gasteiger partial charge on any atom is 0.460 e. The summed E-state index contributed by atoms with van der Waals surface area (Å²) in [5.41, 5.74) is -4.36. The lowest BCUT2D eigenvalue weighted by Crippen LogP contribution is -2.79. The minimum atomic E-state index is -10.3. The Kier molecular flexibility index (Phi) is 12.2. The Labute approximate surface area is 293 Å². The molecule has 0 unspecified atom stereocenters. The number of benzene rings is 1. The van der Waals surface area contributed by atoms with E-state index in [0.29, 0.717) is 0 Å². The molecule has 0 saturated carbocycles. The van der Waals surface area contributed by atoms with Gasteiger partial charge in [-0.25, -0.2) is 22.0 Å². The van der Waals surface area contributed by atoms with Gasteiger partial charge in [0.2, 0.25) is 5.82 Å². The van der Waals surface area contributed by atoms with Crippen LogP contribution in [0.2, 0.25) is 0 Å². The van der Waals surface area contributed by atoms with E-state index in [-0.39, 0.29) is 0 Å². The molecule has 1 aromatic carbocycles. The van der Waals surface area contributed by atoms with Crippen LogP contribution in [-0.2, 0) is 0 Å². The molecule has 0 aromatic heterocycles. The first kappa shape index (κ1) is 53.4. The third-order valence-electron chi connectivity index (χ3n) is 7.10. The van der Waals surface area contributed by atoms with Crippen LogP contribution in [0, 0.1) is 29.1 Å². The largest absolute Gasteiger partial charge is 0.460 e. The van der Waals surface area contributed by atoms with Crippen molar-refractivity contribution in [2.75, 3.05) is 5.12 Å².